The number of ketones is 1. The molecule has 0 spiro atoms. The van der Waals surface area contributed by atoms with E-state index in [9.17, 15) is 4.79 Å². The van der Waals surface area contributed by atoms with E-state index in [-0.39, 0.29) is 5.78 Å². The summed E-state index contributed by atoms with van der Waals surface area (Å²) in [6.07, 6.45) is 2.78. The van der Waals surface area contributed by atoms with Gasteiger partial charge in [-0.25, -0.2) is 0 Å². The zero-order valence-electron chi connectivity index (χ0n) is 9.36. The number of hydrogen-bond acceptors (Lipinski definition) is 2. The predicted octanol–water partition coefficient (Wildman–Crippen LogP) is 2.83. The summed E-state index contributed by atoms with van der Waals surface area (Å²) in [6.45, 7) is 3.83. The molecule has 0 N–H and O–H groups in total. The number of ether oxygens (including phenoxy) is 1. The van der Waals surface area contributed by atoms with Gasteiger partial charge >= 0.3 is 0 Å². The fourth-order valence-corrected chi connectivity index (χ4v) is 1.41. The van der Waals surface area contributed by atoms with Crippen molar-refractivity contribution < 1.29 is 9.53 Å². The molecule has 0 aliphatic rings. The van der Waals surface area contributed by atoms with Crippen LogP contribution in [0.4, 0.5) is 0 Å². The molecule has 15 heavy (non-hydrogen) atoms. The van der Waals surface area contributed by atoms with Crippen LogP contribution in [0.5, 0.6) is 0 Å². The van der Waals surface area contributed by atoms with Gasteiger partial charge in [-0.05, 0) is 25.5 Å². The second-order valence-corrected chi connectivity index (χ2v) is 3.43. The summed E-state index contributed by atoms with van der Waals surface area (Å²) in [5, 5.41) is 0. The molecule has 0 aromatic heterocycles. The molecule has 0 saturated carbocycles. The molecule has 1 rings (SSSR count). The lowest BCUT2D eigenvalue weighted by molar-refractivity contribution is -0.124. The number of hydrogen-bond donors (Lipinski definition) is 0. The molecule has 2 nitrogen and oxygen atoms in total. The number of allylic oxidation sites excluding steroid dienone is 1. The molecule has 0 saturated heterocycles. The Labute approximate surface area is 90.6 Å². The molecule has 0 aliphatic carbocycles. The van der Waals surface area contributed by atoms with E-state index < -0.39 is 6.10 Å². The summed E-state index contributed by atoms with van der Waals surface area (Å²) in [7, 11) is 1.55. The molecular formula is C13H16O2. The summed E-state index contributed by atoms with van der Waals surface area (Å²) in [4.78, 5) is 11.6. The minimum atomic E-state index is -0.484. The van der Waals surface area contributed by atoms with Crippen molar-refractivity contribution in [2.45, 2.75) is 20.0 Å². The highest BCUT2D eigenvalue weighted by molar-refractivity contribution is 5.94. The van der Waals surface area contributed by atoms with Crippen molar-refractivity contribution in [1.29, 1.82) is 0 Å². The van der Waals surface area contributed by atoms with Crippen molar-refractivity contribution in [3.05, 3.63) is 47.5 Å². The number of carbonyl (C=O) groups is 1. The molecule has 2 heteroatoms. The first-order valence-electron chi connectivity index (χ1n) is 4.95. The highest BCUT2D eigenvalue weighted by Gasteiger charge is 2.16. The van der Waals surface area contributed by atoms with Gasteiger partial charge in [-0.2, -0.15) is 0 Å². The van der Waals surface area contributed by atoms with Crippen LogP contribution in [0.25, 0.3) is 0 Å². The molecule has 1 unspecified atom stereocenters. The smallest absolute Gasteiger partial charge is 0.188 e. The van der Waals surface area contributed by atoms with Crippen molar-refractivity contribution in [3.8, 4) is 0 Å². The van der Waals surface area contributed by atoms with Crippen LogP contribution in [0.2, 0.25) is 0 Å². The Morgan fingerprint density at radius 1 is 1.33 bits per heavy atom. The minimum Gasteiger partial charge on any atom is -0.369 e. The van der Waals surface area contributed by atoms with Gasteiger partial charge in [-0.15, -0.1) is 0 Å². The van der Waals surface area contributed by atoms with Crippen LogP contribution in [0.1, 0.15) is 24.2 Å². The molecule has 1 aromatic rings. The van der Waals surface area contributed by atoms with E-state index in [0.29, 0.717) is 0 Å². The highest BCUT2D eigenvalue weighted by atomic mass is 16.5. The van der Waals surface area contributed by atoms with E-state index in [2.05, 4.69) is 0 Å². The first-order valence-corrected chi connectivity index (χ1v) is 4.95. The molecule has 0 heterocycles. The van der Waals surface area contributed by atoms with Crippen LogP contribution in [-0.4, -0.2) is 12.9 Å². The Morgan fingerprint density at radius 3 is 2.40 bits per heavy atom. The van der Waals surface area contributed by atoms with E-state index in [4.69, 9.17) is 4.74 Å². The summed E-state index contributed by atoms with van der Waals surface area (Å²) in [5.74, 6) is -0.0242. The van der Waals surface area contributed by atoms with Crippen molar-refractivity contribution in [2.24, 2.45) is 0 Å². The van der Waals surface area contributed by atoms with Gasteiger partial charge < -0.3 is 4.74 Å². The monoisotopic (exact) mass is 204 g/mol. The summed E-state index contributed by atoms with van der Waals surface area (Å²) < 4.78 is 5.19. The quantitative estimate of drug-likeness (QED) is 0.705. The zero-order chi connectivity index (χ0) is 11.3. The minimum absolute atomic E-state index is 0.0242. The van der Waals surface area contributed by atoms with Crippen LogP contribution >= 0.6 is 0 Å². The fourth-order valence-electron chi connectivity index (χ4n) is 1.41. The van der Waals surface area contributed by atoms with Crippen LogP contribution in [0.15, 0.2) is 36.4 Å². The van der Waals surface area contributed by atoms with Crippen molar-refractivity contribution >= 4 is 5.78 Å². The number of carbonyl (C=O) groups excluding carboxylic acids is 1. The SMILES string of the molecule is C/C=C/C(=O)C(OC)c1ccc(C)cc1. The Morgan fingerprint density at radius 2 is 1.93 bits per heavy atom. The van der Waals surface area contributed by atoms with E-state index in [1.54, 1.807) is 13.2 Å². The van der Waals surface area contributed by atoms with Crippen LogP contribution in [-0.2, 0) is 9.53 Å². The summed E-state index contributed by atoms with van der Waals surface area (Å²) in [5.41, 5.74) is 2.07. The van der Waals surface area contributed by atoms with E-state index >= 15 is 0 Å². The van der Waals surface area contributed by atoms with Crippen LogP contribution in [0, 0.1) is 6.92 Å². The molecular weight excluding hydrogens is 188 g/mol. The normalized spacial score (nSPS) is 13.0. The molecule has 1 aromatic carbocycles. The van der Waals surface area contributed by atoms with Gasteiger partial charge in [0.25, 0.3) is 0 Å². The van der Waals surface area contributed by atoms with Gasteiger partial charge in [0.1, 0.15) is 6.10 Å². The third-order valence-electron chi connectivity index (χ3n) is 2.21. The topological polar surface area (TPSA) is 26.3 Å². The van der Waals surface area contributed by atoms with Gasteiger partial charge in [0.2, 0.25) is 0 Å². The lowest BCUT2D eigenvalue weighted by atomic mass is 10.0. The average Bonchev–Trinajstić information content (AvgIpc) is 2.22. The van der Waals surface area contributed by atoms with Gasteiger partial charge in [0.15, 0.2) is 5.78 Å². The third-order valence-corrected chi connectivity index (χ3v) is 2.21. The number of rotatable bonds is 4. The van der Waals surface area contributed by atoms with Crippen LogP contribution in [0.3, 0.4) is 0 Å². The molecule has 0 aliphatic heterocycles. The second-order valence-electron chi connectivity index (χ2n) is 3.43. The number of aryl methyl sites for hydroxylation is 1. The molecule has 0 fully saturated rings. The van der Waals surface area contributed by atoms with Gasteiger partial charge in [0, 0.05) is 7.11 Å². The summed E-state index contributed by atoms with van der Waals surface area (Å²) in [6, 6.07) is 7.80. The average molecular weight is 204 g/mol. The first kappa shape index (κ1) is 11.7. The van der Waals surface area contributed by atoms with Crippen molar-refractivity contribution in [3.63, 3.8) is 0 Å². The van der Waals surface area contributed by atoms with Gasteiger partial charge in [-0.3, -0.25) is 4.79 Å². The lowest BCUT2D eigenvalue weighted by Gasteiger charge is -2.12. The van der Waals surface area contributed by atoms with Crippen molar-refractivity contribution in [2.75, 3.05) is 7.11 Å². The maximum absolute atomic E-state index is 11.6. The Balaban J connectivity index is 2.92. The van der Waals surface area contributed by atoms with Gasteiger partial charge in [0.05, 0.1) is 0 Å². The Hall–Kier alpha value is -1.41. The van der Waals surface area contributed by atoms with E-state index in [1.165, 1.54) is 11.6 Å². The molecule has 80 valence electrons. The fraction of sp³-hybridized carbons (Fsp3) is 0.308. The maximum Gasteiger partial charge on any atom is 0.188 e. The van der Waals surface area contributed by atoms with Crippen molar-refractivity contribution in [1.82, 2.24) is 0 Å². The molecule has 0 radical (unpaired) electrons. The largest absolute Gasteiger partial charge is 0.369 e. The predicted molar refractivity (Wildman–Crippen MR) is 60.8 cm³/mol. The molecule has 0 amide bonds. The maximum atomic E-state index is 11.6. The standard InChI is InChI=1S/C13H16O2/c1-4-5-12(14)13(15-3)11-8-6-10(2)7-9-11/h4-9,13H,1-3H3/b5-4+. The second kappa shape index (κ2) is 5.47. The Bertz CT molecular complexity index is 349. The molecule has 1 atom stereocenters. The zero-order valence-corrected chi connectivity index (χ0v) is 9.36. The van der Waals surface area contributed by atoms with Gasteiger partial charge in [-0.1, -0.05) is 35.9 Å². The third kappa shape index (κ3) is 3.03. The van der Waals surface area contributed by atoms with E-state index in [1.807, 2.05) is 38.1 Å². The Kier molecular flexibility index (Phi) is 4.25. The van der Waals surface area contributed by atoms with Crippen LogP contribution < -0.4 is 0 Å². The number of methoxy groups -OCH3 is 1. The summed E-state index contributed by atoms with van der Waals surface area (Å²) >= 11 is 0. The van der Waals surface area contributed by atoms with E-state index in [0.717, 1.165) is 5.56 Å². The first-order chi connectivity index (χ1) is 7.19. The molecule has 0 bridgehead atoms. The highest BCUT2D eigenvalue weighted by Crippen LogP contribution is 2.18. The number of benzene rings is 1. The lowest BCUT2D eigenvalue weighted by Crippen LogP contribution is -2.11.